The highest BCUT2D eigenvalue weighted by Crippen LogP contribution is 2.25. The van der Waals surface area contributed by atoms with E-state index in [4.69, 9.17) is 0 Å². The SMILES string of the molecule is O=S(=O)(F)Oc1ccc(-c2nnc3n2CCCC3)cc1. The summed E-state index contributed by atoms with van der Waals surface area (Å²) in [6.45, 7) is 0.870. The fourth-order valence-corrected chi connectivity index (χ4v) is 2.64. The standard InChI is InChI=1S/C12H12FN3O3S/c13-20(17,18)19-10-6-4-9(5-7-10)12-15-14-11-3-1-2-8-16(11)12/h4-7H,1-3,8H2. The quantitative estimate of drug-likeness (QED) is 0.809. The predicted molar refractivity (Wildman–Crippen MR) is 69.1 cm³/mol. The molecule has 0 fully saturated rings. The Morgan fingerprint density at radius 2 is 1.90 bits per heavy atom. The summed E-state index contributed by atoms with van der Waals surface area (Å²) in [5.41, 5.74) is 0.786. The zero-order chi connectivity index (χ0) is 14.2. The van der Waals surface area contributed by atoms with E-state index >= 15 is 0 Å². The van der Waals surface area contributed by atoms with Crippen LogP contribution in [0.1, 0.15) is 18.7 Å². The van der Waals surface area contributed by atoms with Crippen LogP contribution < -0.4 is 4.18 Å². The van der Waals surface area contributed by atoms with Gasteiger partial charge in [0.15, 0.2) is 5.82 Å². The largest absolute Gasteiger partial charge is 0.488 e. The first-order valence-electron chi connectivity index (χ1n) is 6.19. The Morgan fingerprint density at radius 3 is 2.60 bits per heavy atom. The first-order chi connectivity index (χ1) is 9.53. The maximum absolute atomic E-state index is 12.4. The average molecular weight is 297 g/mol. The summed E-state index contributed by atoms with van der Waals surface area (Å²) in [7, 11) is -4.99. The van der Waals surface area contributed by atoms with Crippen LogP contribution in [-0.2, 0) is 23.5 Å². The molecule has 0 saturated carbocycles. The number of aromatic nitrogens is 3. The van der Waals surface area contributed by atoms with Crippen molar-refractivity contribution >= 4 is 10.5 Å². The number of halogens is 1. The highest BCUT2D eigenvalue weighted by molar-refractivity contribution is 7.81. The second-order valence-corrected chi connectivity index (χ2v) is 5.50. The van der Waals surface area contributed by atoms with E-state index in [-0.39, 0.29) is 5.75 Å². The summed E-state index contributed by atoms with van der Waals surface area (Å²) in [5, 5.41) is 8.29. The summed E-state index contributed by atoms with van der Waals surface area (Å²) in [4.78, 5) is 0. The molecule has 0 unspecified atom stereocenters. The van der Waals surface area contributed by atoms with Crippen LogP contribution in [0.3, 0.4) is 0 Å². The highest BCUT2D eigenvalue weighted by Gasteiger charge is 2.17. The van der Waals surface area contributed by atoms with E-state index in [1.165, 1.54) is 12.1 Å². The topological polar surface area (TPSA) is 74.1 Å². The molecule has 1 aromatic carbocycles. The Hall–Kier alpha value is -1.96. The fourth-order valence-electron chi connectivity index (χ4n) is 2.30. The Morgan fingerprint density at radius 1 is 1.15 bits per heavy atom. The lowest BCUT2D eigenvalue weighted by Crippen LogP contribution is -2.11. The molecule has 106 valence electrons. The van der Waals surface area contributed by atoms with Crippen molar-refractivity contribution < 1.29 is 16.5 Å². The number of rotatable bonds is 3. The number of fused-ring (bicyclic) bond motifs is 1. The van der Waals surface area contributed by atoms with Crippen LogP contribution in [-0.4, -0.2) is 23.2 Å². The number of hydrogen-bond donors (Lipinski definition) is 0. The minimum Gasteiger partial charge on any atom is -0.358 e. The van der Waals surface area contributed by atoms with Gasteiger partial charge in [0.1, 0.15) is 11.6 Å². The molecule has 2 heterocycles. The first-order valence-corrected chi connectivity index (χ1v) is 7.50. The van der Waals surface area contributed by atoms with Gasteiger partial charge in [0.25, 0.3) is 0 Å². The molecule has 2 aromatic rings. The van der Waals surface area contributed by atoms with E-state index in [9.17, 15) is 12.3 Å². The first kappa shape index (κ1) is 13.0. The third kappa shape index (κ3) is 2.64. The monoisotopic (exact) mass is 297 g/mol. The molecular weight excluding hydrogens is 285 g/mol. The van der Waals surface area contributed by atoms with Gasteiger partial charge in [-0.25, -0.2) is 0 Å². The Kier molecular flexibility index (Phi) is 3.17. The van der Waals surface area contributed by atoms with Crippen LogP contribution in [0.2, 0.25) is 0 Å². The molecule has 0 N–H and O–H groups in total. The van der Waals surface area contributed by atoms with Crippen molar-refractivity contribution in [2.75, 3.05) is 0 Å². The lowest BCUT2D eigenvalue weighted by atomic mass is 10.1. The molecule has 0 radical (unpaired) electrons. The molecule has 0 amide bonds. The van der Waals surface area contributed by atoms with Gasteiger partial charge in [-0.15, -0.1) is 10.2 Å². The molecule has 0 atom stereocenters. The van der Waals surface area contributed by atoms with Gasteiger partial charge in [-0.2, -0.15) is 8.42 Å². The Labute approximate surface area is 115 Å². The molecule has 1 aromatic heterocycles. The minimum atomic E-state index is -4.99. The average Bonchev–Trinajstić information content (AvgIpc) is 2.82. The molecule has 1 aliphatic rings. The van der Waals surface area contributed by atoms with Gasteiger partial charge >= 0.3 is 10.5 Å². The summed E-state index contributed by atoms with van der Waals surface area (Å²) in [6, 6.07) is 6.03. The predicted octanol–water partition coefficient (Wildman–Crippen LogP) is 1.87. The van der Waals surface area contributed by atoms with Crippen LogP contribution in [0, 0.1) is 0 Å². The van der Waals surface area contributed by atoms with Crippen molar-refractivity contribution in [3.05, 3.63) is 30.1 Å². The number of hydrogen-bond acceptors (Lipinski definition) is 5. The van der Waals surface area contributed by atoms with E-state index in [0.717, 1.165) is 43.0 Å². The molecule has 3 rings (SSSR count). The second kappa shape index (κ2) is 4.86. The Bertz CT molecular complexity index is 725. The molecule has 20 heavy (non-hydrogen) atoms. The third-order valence-electron chi connectivity index (χ3n) is 3.17. The van der Waals surface area contributed by atoms with Gasteiger partial charge in [-0.05, 0) is 37.1 Å². The van der Waals surface area contributed by atoms with E-state index in [2.05, 4.69) is 14.4 Å². The van der Waals surface area contributed by atoms with Gasteiger partial charge < -0.3 is 8.75 Å². The van der Waals surface area contributed by atoms with E-state index in [1.807, 2.05) is 4.57 Å². The van der Waals surface area contributed by atoms with Crippen molar-refractivity contribution in [1.29, 1.82) is 0 Å². The molecule has 6 nitrogen and oxygen atoms in total. The number of benzene rings is 1. The summed E-state index contributed by atoms with van der Waals surface area (Å²) in [5.74, 6) is 1.61. The normalized spacial score (nSPS) is 14.8. The van der Waals surface area contributed by atoms with Crippen LogP contribution in [0.25, 0.3) is 11.4 Å². The highest BCUT2D eigenvalue weighted by atomic mass is 32.3. The van der Waals surface area contributed by atoms with E-state index in [1.54, 1.807) is 12.1 Å². The van der Waals surface area contributed by atoms with Gasteiger partial charge in [-0.3, -0.25) is 0 Å². The van der Waals surface area contributed by atoms with Crippen molar-refractivity contribution in [2.45, 2.75) is 25.8 Å². The zero-order valence-electron chi connectivity index (χ0n) is 10.5. The van der Waals surface area contributed by atoms with Crippen LogP contribution in [0.5, 0.6) is 5.75 Å². The molecule has 8 heteroatoms. The van der Waals surface area contributed by atoms with Gasteiger partial charge in [-0.1, -0.05) is 3.89 Å². The van der Waals surface area contributed by atoms with E-state index in [0.29, 0.717) is 0 Å². The molecule has 0 spiro atoms. The minimum absolute atomic E-state index is 0.0744. The number of aryl methyl sites for hydroxylation is 1. The summed E-state index contributed by atoms with van der Waals surface area (Å²) < 4.78 is 39.4. The maximum Gasteiger partial charge on any atom is 0.488 e. The van der Waals surface area contributed by atoms with Crippen molar-refractivity contribution in [3.63, 3.8) is 0 Å². The molecular formula is C12H12FN3O3S. The molecule has 0 aliphatic carbocycles. The second-order valence-electron chi connectivity index (χ2n) is 4.55. The maximum atomic E-state index is 12.4. The lowest BCUT2D eigenvalue weighted by Gasteiger charge is -2.14. The smallest absolute Gasteiger partial charge is 0.358 e. The van der Waals surface area contributed by atoms with Gasteiger partial charge in [0, 0.05) is 18.5 Å². The third-order valence-corrected chi connectivity index (χ3v) is 3.56. The van der Waals surface area contributed by atoms with E-state index < -0.39 is 10.5 Å². The fraction of sp³-hybridized carbons (Fsp3) is 0.333. The zero-order valence-corrected chi connectivity index (χ0v) is 11.3. The van der Waals surface area contributed by atoms with Crippen LogP contribution >= 0.6 is 0 Å². The summed E-state index contributed by atoms with van der Waals surface area (Å²) in [6.07, 6.45) is 3.10. The van der Waals surface area contributed by atoms with Crippen molar-refractivity contribution in [3.8, 4) is 17.1 Å². The lowest BCUT2D eigenvalue weighted by molar-refractivity contribution is 0.440. The van der Waals surface area contributed by atoms with Crippen LogP contribution in [0.15, 0.2) is 24.3 Å². The molecule has 0 bridgehead atoms. The van der Waals surface area contributed by atoms with Crippen molar-refractivity contribution in [2.24, 2.45) is 0 Å². The van der Waals surface area contributed by atoms with Gasteiger partial charge in [0.2, 0.25) is 0 Å². The summed E-state index contributed by atoms with van der Waals surface area (Å²) >= 11 is 0. The number of nitrogens with zero attached hydrogens (tertiary/aromatic N) is 3. The Balaban J connectivity index is 1.90. The van der Waals surface area contributed by atoms with Crippen LogP contribution in [0.4, 0.5) is 3.89 Å². The molecule has 1 aliphatic heterocycles. The van der Waals surface area contributed by atoms with Crippen molar-refractivity contribution in [1.82, 2.24) is 14.8 Å². The van der Waals surface area contributed by atoms with Gasteiger partial charge in [0.05, 0.1) is 0 Å². The molecule has 0 saturated heterocycles.